The Morgan fingerprint density at radius 3 is 2.77 bits per heavy atom. The minimum absolute atomic E-state index is 0.135. The third-order valence-electron chi connectivity index (χ3n) is 3.10. The van der Waals surface area contributed by atoms with Crippen LogP contribution in [0.4, 0.5) is 0 Å². The Hall–Kier alpha value is -2.34. The molecule has 116 valence electrons. The lowest BCUT2D eigenvalue weighted by atomic mass is 10.1. The smallest absolute Gasteiger partial charge is 0.305 e. The number of hydrogen-bond donors (Lipinski definition) is 2. The number of ether oxygens (including phenoxy) is 1. The molecule has 5 nitrogen and oxygen atoms in total. The van der Waals surface area contributed by atoms with Gasteiger partial charge in [-0.2, -0.15) is 0 Å². The van der Waals surface area contributed by atoms with Gasteiger partial charge in [0.2, 0.25) is 5.91 Å². The molecule has 1 aromatic heterocycles. The Bertz CT molecular complexity index is 639. The van der Waals surface area contributed by atoms with Crippen LogP contribution < -0.4 is 10.1 Å². The second-order valence-electron chi connectivity index (χ2n) is 4.76. The number of rotatable bonds is 7. The zero-order chi connectivity index (χ0) is 15.9. The van der Waals surface area contributed by atoms with Crippen molar-refractivity contribution in [2.45, 2.75) is 18.9 Å². The average molecular weight is 319 g/mol. The van der Waals surface area contributed by atoms with E-state index in [0.717, 1.165) is 10.4 Å². The largest absolute Gasteiger partial charge is 0.497 e. The minimum Gasteiger partial charge on any atom is -0.497 e. The summed E-state index contributed by atoms with van der Waals surface area (Å²) in [4.78, 5) is 24.0. The molecule has 2 N–H and O–H groups in total. The van der Waals surface area contributed by atoms with E-state index in [2.05, 4.69) is 5.32 Å². The molecule has 0 saturated carbocycles. The van der Waals surface area contributed by atoms with E-state index in [0.29, 0.717) is 5.75 Å². The highest BCUT2D eigenvalue weighted by atomic mass is 32.1. The highest BCUT2D eigenvalue weighted by Gasteiger charge is 2.19. The van der Waals surface area contributed by atoms with E-state index in [1.165, 1.54) is 11.3 Å². The van der Waals surface area contributed by atoms with Gasteiger partial charge in [-0.15, -0.1) is 11.3 Å². The number of carboxylic acid groups (broad SMARTS) is 1. The third-order valence-corrected chi connectivity index (χ3v) is 4.09. The van der Waals surface area contributed by atoms with Gasteiger partial charge in [0.1, 0.15) is 5.75 Å². The van der Waals surface area contributed by atoms with E-state index in [9.17, 15) is 9.59 Å². The Balaban J connectivity index is 2.03. The molecule has 0 fully saturated rings. The second-order valence-corrected chi connectivity index (χ2v) is 5.74. The number of carbonyl (C=O) groups is 2. The maximum atomic E-state index is 12.2. The summed E-state index contributed by atoms with van der Waals surface area (Å²) in [6.07, 6.45) is 0.0447. The number of hydrogen-bond acceptors (Lipinski definition) is 4. The molecule has 1 heterocycles. The van der Waals surface area contributed by atoms with Gasteiger partial charge in [-0.25, -0.2) is 0 Å². The van der Waals surface area contributed by atoms with Crippen molar-refractivity contribution in [2.75, 3.05) is 7.11 Å². The average Bonchev–Trinajstić information content (AvgIpc) is 3.00. The van der Waals surface area contributed by atoms with Crippen molar-refractivity contribution in [3.05, 3.63) is 52.2 Å². The summed E-state index contributed by atoms with van der Waals surface area (Å²) < 4.78 is 5.12. The molecule has 2 rings (SSSR count). The van der Waals surface area contributed by atoms with Crippen molar-refractivity contribution < 1.29 is 19.4 Å². The molecule has 0 unspecified atom stereocenters. The number of methoxy groups -OCH3 is 1. The summed E-state index contributed by atoms with van der Waals surface area (Å²) in [5.41, 5.74) is 0.817. The van der Waals surface area contributed by atoms with Crippen LogP contribution in [0, 0.1) is 0 Å². The van der Waals surface area contributed by atoms with Crippen LogP contribution in [0.5, 0.6) is 5.75 Å². The van der Waals surface area contributed by atoms with Crippen LogP contribution in [0.3, 0.4) is 0 Å². The minimum atomic E-state index is -0.944. The van der Waals surface area contributed by atoms with E-state index in [1.807, 2.05) is 29.6 Å². The zero-order valence-electron chi connectivity index (χ0n) is 12.1. The molecule has 22 heavy (non-hydrogen) atoms. The molecular weight excluding hydrogens is 302 g/mol. The monoisotopic (exact) mass is 319 g/mol. The van der Waals surface area contributed by atoms with Gasteiger partial charge < -0.3 is 15.2 Å². The quantitative estimate of drug-likeness (QED) is 0.822. The molecule has 2 aromatic rings. The normalized spacial score (nSPS) is 11.7. The van der Waals surface area contributed by atoms with Gasteiger partial charge >= 0.3 is 5.97 Å². The fourth-order valence-corrected chi connectivity index (χ4v) is 2.88. The van der Waals surface area contributed by atoms with Crippen molar-refractivity contribution >= 4 is 23.2 Å². The van der Waals surface area contributed by atoms with E-state index < -0.39 is 12.0 Å². The van der Waals surface area contributed by atoms with Crippen LogP contribution in [0.1, 0.15) is 22.9 Å². The molecule has 6 heteroatoms. The lowest BCUT2D eigenvalue weighted by molar-refractivity contribution is -0.137. The Morgan fingerprint density at radius 1 is 1.32 bits per heavy atom. The lowest BCUT2D eigenvalue weighted by Gasteiger charge is -2.15. The zero-order valence-corrected chi connectivity index (χ0v) is 12.9. The molecule has 0 spiro atoms. The summed E-state index contributed by atoms with van der Waals surface area (Å²) in [7, 11) is 1.57. The van der Waals surface area contributed by atoms with Crippen LogP contribution in [-0.4, -0.2) is 24.1 Å². The third kappa shape index (κ3) is 4.60. The molecule has 0 aliphatic rings. The number of carboxylic acids is 1. The fourth-order valence-electron chi connectivity index (χ4n) is 2.10. The van der Waals surface area contributed by atoms with Gasteiger partial charge in [0.15, 0.2) is 0 Å². The lowest BCUT2D eigenvalue weighted by Crippen LogP contribution is -2.30. The van der Waals surface area contributed by atoms with Gasteiger partial charge in [0.05, 0.1) is 26.0 Å². The van der Waals surface area contributed by atoms with Gasteiger partial charge in [0, 0.05) is 4.88 Å². The Kier molecular flexibility index (Phi) is 5.55. The summed E-state index contributed by atoms with van der Waals surface area (Å²) in [5.74, 6) is -0.473. The SMILES string of the molecule is COc1cccc(CC(=O)N[C@@H](CC(=O)O)c2cccs2)c1. The summed E-state index contributed by atoms with van der Waals surface area (Å²) in [6.45, 7) is 0. The molecule has 0 aliphatic carbocycles. The van der Waals surface area contributed by atoms with Crippen molar-refractivity contribution in [1.82, 2.24) is 5.32 Å². The standard InChI is InChI=1S/C16H17NO4S/c1-21-12-5-2-4-11(8-12)9-15(18)17-13(10-16(19)20)14-6-3-7-22-14/h2-8,13H,9-10H2,1H3,(H,17,18)(H,19,20)/t13-/m0/s1. The molecule has 1 aromatic carbocycles. The highest BCUT2D eigenvalue weighted by Crippen LogP contribution is 2.22. The highest BCUT2D eigenvalue weighted by molar-refractivity contribution is 7.10. The van der Waals surface area contributed by atoms with Crippen molar-refractivity contribution in [2.24, 2.45) is 0 Å². The van der Waals surface area contributed by atoms with Crippen LogP contribution in [-0.2, 0) is 16.0 Å². The molecule has 0 bridgehead atoms. The van der Waals surface area contributed by atoms with Crippen LogP contribution >= 0.6 is 11.3 Å². The van der Waals surface area contributed by atoms with Crippen molar-refractivity contribution in [3.63, 3.8) is 0 Å². The first kappa shape index (κ1) is 16.0. The van der Waals surface area contributed by atoms with Gasteiger partial charge in [0.25, 0.3) is 0 Å². The maximum absolute atomic E-state index is 12.2. The van der Waals surface area contributed by atoms with Crippen LogP contribution in [0.2, 0.25) is 0 Å². The first-order chi connectivity index (χ1) is 10.6. The van der Waals surface area contributed by atoms with Crippen LogP contribution in [0.15, 0.2) is 41.8 Å². The maximum Gasteiger partial charge on any atom is 0.305 e. The molecular formula is C16H17NO4S. The van der Waals surface area contributed by atoms with Gasteiger partial charge in [-0.05, 0) is 29.1 Å². The molecule has 0 radical (unpaired) electrons. The van der Waals surface area contributed by atoms with Gasteiger partial charge in [-0.3, -0.25) is 9.59 Å². The van der Waals surface area contributed by atoms with E-state index in [4.69, 9.17) is 9.84 Å². The summed E-state index contributed by atoms with van der Waals surface area (Å²) in [5, 5.41) is 13.6. The summed E-state index contributed by atoms with van der Waals surface area (Å²) >= 11 is 1.43. The molecule has 1 amide bonds. The Morgan fingerprint density at radius 2 is 2.14 bits per heavy atom. The predicted molar refractivity (Wildman–Crippen MR) is 84.2 cm³/mol. The predicted octanol–water partition coefficient (Wildman–Crippen LogP) is 2.63. The topological polar surface area (TPSA) is 75.6 Å². The van der Waals surface area contributed by atoms with E-state index in [1.54, 1.807) is 19.2 Å². The van der Waals surface area contributed by atoms with Crippen molar-refractivity contribution in [1.29, 1.82) is 0 Å². The number of carbonyl (C=O) groups excluding carboxylic acids is 1. The number of amides is 1. The number of benzene rings is 1. The fraction of sp³-hybridized carbons (Fsp3) is 0.250. The Labute approximate surface area is 132 Å². The van der Waals surface area contributed by atoms with E-state index in [-0.39, 0.29) is 18.7 Å². The first-order valence-electron chi connectivity index (χ1n) is 6.76. The van der Waals surface area contributed by atoms with Crippen LogP contribution in [0.25, 0.3) is 0 Å². The number of thiophene rings is 1. The second kappa shape index (κ2) is 7.61. The molecule has 0 aliphatic heterocycles. The first-order valence-corrected chi connectivity index (χ1v) is 7.64. The number of aliphatic carboxylic acids is 1. The van der Waals surface area contributed by atoms with Gasteiger partial charge in [-0.1, -0.05) is 18.2 Å². The molecule has 1 atom stereocenters. The van der Waals surface area contributed by atoms with E-state index >= 15 is 0 Å². The van der Waals surface area contributed by atoms with Crippen molar-refractivity contribution in [3.8, 4) is 5.75 Å². The molecule has 0 saturated heterocycles. The summed E-state index contributed by atoms with van der Waals surface area (Å²) in [6, 6.07) is 10.4. The number of nitrogens with one attached hydrogen (secondary N) is 1.